The molecule has 0 N–H and O–H groups in total. The van der Waals surface area contributed by atoms with Crippen molar-refractivity contribution in [1.82, 2.24) is 14.5 Å². The van der Waals surface area contributed by atoms with Gasteiger partial charge in [-0.3, -0.25) is 0 Å². The van der Waals surface area contributed by atoms with Crippen molar-refractivity contribution in [1.29, 1.82) is 5.26 Å². The van der Waals surface area contributed by atoms with E-state index in [1.807, 2.05) is 6.92 Å². The van der Waals surface area contributed by atoms with Crippen LogP contribution in [0.25, 0.3) is 16.7 Å². The van der Waals surface area contributed by atoms with Gasteiger partial charge in [-0.05, 0) is 82.7 Å². The first-order chi connectivity index (χ1) is 14.8. The molecule has 0 radical (unpaired) electrons. The van der Waals surface area contributed by atoms with Gasteiger partial charge in [-0.15, -0.1) is 0 Å². The molecule has 5 nitrogen and oxygen atoms in total. The Morgan fingerprint density at radius 3 is 2.35 bits per heavy atom. The maximum Gasteiger partial charge on any atom is 0.150 e. The molecular formula is C25H32BrN5. The van der Waals surface area contributed by atoms with Crippen molar-refractivity contribution in [3.63, 3.8) is 0 Å². The molecule has 0 saturated carbocycles. The first-order valence-corrected chi connectivity index (χ1v) is 11.9. The summed E-state index contributed by atoms with van der Waals surface area (Å²) in [7, 11) is 0. The molecule has 0 aliphatic carbocycles. The Morgan fingerprint density at radius 1 is 1.10 bits per heavy atom. The summed E-state index contributed by atoms with van der Waals surface area (Å²) < 4.78 is 3.32. The third kappa shape index (κ3) is 4.62. The molecule has 0 spiro atoms. The van der Waals surface area contributed by atoms with Gasteiger partial charge in [0.1, 0.15) is 11.6 Å². The van der Waals surface area contributed by atoms with Gasteiger partial charge in [0.25, 0.3) is 0 Å². The largest absolute Gasteiger partial charge is 0.353 e. The smallest absolute Gasteiger partial charge is 0.150 e. The summed E-state index contributed by atoms with van der Waals surface area (Å²) in [4.78, 5) is 12.2. The number of unbranched alkanes of at least 4 members (excludes halogenated alkanes) is 1. The Kier molecular flexibility index (Phi) is 7.38. The molecule has 3 aromatic rings. The Bertz CT molecular complexity index is 1100. The quantitative estimate of drug-likeness (QED) is 0.335. The molecule has 0 aliphatic rings. The molecule has 6 heteroatoms. The van der Waals surface area contributed by atoms with Crippen molar-refractivity contribution >= 4 is 32.8 Å². The third-order valence-corrected chi connectivity index (χ3v) is 6.43. The van der Waals surface area contributed by atoms with Crippen LogP contribution in [0.5, 0.6) is 0 Å². The first kappa shape index (κ1) is 23.3. The predicted molar refractivity (Wildman–Crippen MR) is 132 cm³/mol. The monoisotopic (exact) mass is 481 g/mol. The highest BCUT2D eigenvalue weighted by molar-refractivity contribution is 9.10. The molecule has 0 fully saturated rings. The number of hydrogen-bond acceptors (Lipinski definition) is 4. The zero-order chi connectivity index (χ0) is 22.7. The Balaban J connectivity index is 2.21. The Labute approximate surface area is 194 Å². The predicted octanol–water partition coefficient (Wildman–Crippen LogP) is 6.72. The summed E-state index contributed by atoms with van der Waals surface area (Å²) in [6.45, 7) is 13.7. The van der Waals surface area contributed by atoms with Gasteiger partial charge in [0.05, 0.1) is 17.1 Å². The number of aromatic nitrogens is 3. The molecule has 2 aromatic heterocycles. The minimum atomic E-state index is 0.356. The van der Waals surface area contributed by atoms with E-state index >= 15 is 0 Å². The standard InChI is InChI=1S/C25H32BrN5/c1-7-21(11-9-10-12-27)30(8-2)24-22-18(5)15-31(25(22)29-19(6)28-24)23-16(3)13-20(26)14-17(23)4/h13-15,21H,7-11H2,1-6H3. The van der Waals surface area contributed by atoms with E-state index in [1.54, 1.807) is 0 Å². The van der Waals surface area contributed by atoms with Crippen molar-refractivity contribution in [2.75, 3.05) is 11.4 Å². The number of fused-ring (bicyclic) bond motifs is 1. The maximum absolute atomic E-state index is 8.96. The van der Waals surface area contributed by atoms with Crippen LogP contribution in [-0.4, -0.2) is 27.1 Å². The Hall–Kier alpha value is -2.39. The number of nitrogens with zero attached hydrogens (tertiary/aromatic N) is 5. The van der Waals surface area contributed by atoms with E-state index < -0.39 is 0 Å². The minimum absolute atomic E-state index is 0.356. The number of hydrogen-bond donors (Lipinski definition) is 0. The molecule has 164 valence electrons. The molecule has 31 heavy (non-hydrogen) atoms. The highest BCUT2D eigenvalue weighted by atomic mass is 79.9. The number of anilines is 1. The second-order valence-electron chi connectivity index (χ2n) is 8.26. The number of aryl methyl sites for hydroxylation is 4. The Morgan fingerprint density at radius 2 is 1.77 bits per heavy atom. The fourth-order valence-corrected chi connectivity index (χ4v) is 5.32. The summed E-state index contributed by atoms with van der Waals surface area (Å²) in [6.07, 6.45) is 5.72. The molecule has 0 amide bonds. The zero-order valence-corrected chi connectivity index (χ0v) is 21.0. The van der Waals surface area contributed by atoms with Crippen LogP contribution in [0.3, 0.4) is 0 Å². The molecule has 3 rings (SSSR count). The zero-order valence-electron chi connectivity index (χ0n) is 19.5. The lowest BCUT2D eigenvalue weighted by Crippen LogP contribution is -2.36. The average Bonchev–Trinajstić information content (AvgIpc) is 3.02. The van der Waals surface area contributed by atoms with E-state index in [0.717, 1.165) is 53.0 Å². The minimum Gasteiger partial charge on any atom is -0.353 e. The third-order valence-electron chi connectivity index (χ3n) is 5.98. The van der Waals surface area contributed by atoms with Crippen molar-refractivity contribution in [3.05, 3.63) is 45.3 Å². The van der Waals surface area contributed by atoms with Crippen LogP contribution in [-0.2, 0) is 0 Å². The fraction of sp³-hybridized carbons (Fsp3) is 0.480. The summed E-state index contributed by atoms with van der Waals surface area (Å²) in [6, 6.07) is 6.94. The van der Waals surface area contributed by atoms with Gasteiger partial charge in [0.15, 0.2) is 5.65 Å². The second-order valence-corrected chi connectivity index (χ2v) is 9.18. The van der Waals surface area contributed by atoms with Crippen molar-refractivity contribution in [2.45, 2.75) is 73.3 Å². The van der Waals surface area contributed by atoms with E-state index in [4.69, 9.17) is 15.2 Å². The molecule has 0 bridgehead atoms. The highest BCUT2D eigenvalue weighted by Crippen LogP contribution is 2.35. The van der Waals surface area contributed by atoms with Gasteiger partial charge in [-0.1, -0.05) is 22.9 Å². The molecule has 1 aromatic carbocycles. The SMILES string of the molecule is CCC(CCCC#N)N(CC)c1nc(C)nc2c1c(C)cn2-c1c(C)cc(Br)cc1C. The van der Waals surface area contributed by atoms with Gasteiger partial charge >= 0.3 is 0 Å². The van der Waals surface area contributed by atoms with Crippen LogP contribution in [0, 0.1) is 39.0 Å². The summed E-state index contributed by atoms with van der Waals surface area (Å²) >= 11 is 3.61. The number of benzene rings is 1. The van der Waals surface area contributed by atoms with Crippen LogP contribution in [0.15, 0.2) is 22.8 Å². The van der Waals surface area contributed by atoms with E-state index in [0.29, 0.717) is 12.5 Å². The van der Waals surface area contributed by atoms with Gasteiger partial charge < -0.3 is 9.47 Å². The van der Waals surface area contributed by atoms with Gasteiger partial charge in [0, 0.05) is 29.7 Å². The van der Waals surface area contributed by atoms with E-state index in [1.165, 1.54) is 22.4 Å². The normalized spacial score (nSPS) is 12.2. The van der Waals surface area contributed by atoms with E-state index in [9.17, 15) is 0 Å². The number of halogens is 1. The van der Waals surface area contributed by atoms with Crippen LogP contribution >= 0.6 is 15.9 Å². The van der Waals surface area contributed by atoms with Gasteiger partial charge in [-0.2, -0.15) is 5.26 Å². The lowest BCUT2D eigenvalue weighted by Gasteiger charge is -2.32. The molecule has 2 heterocycles. The molecule has 1 unspecified atom stereocenters. The topological polar surface area (TPSA) is 57.7 Å². The van der Waals surface area contributed by atoms with Gasteiger partial charge in [-0.25, -0.2) is 9.97 Å². The van der Waals surface area contributed by atoms with Crippen LogP contribution in [0.2, 0.25) is 0 Å². The molecule has 0 saturated heterocycles. The molecule has 1 atom stereocenters. The van der Waals surface area contributed by atoms with Crippen LogP contribution < -0.4 is 4.90 Å². The number of nitriles is 1. The van der Waals surface area contributed by atoms with E-state index in [-0.39, 0.29) is 0 Å². The number of rotatable bonds is 8. The van der Waals surface area contributed by atoms with Crippen LogP contribution in [0.1, 0.15) is 62.0 Å². The average molecular weight is 482 g/mol. The van der Waals surface area contributed by atoms with E-state index in [2.05, 4.69) is 84.4 Å². The van der Waals surface area contributed by atoms with Crippen LogP contribution in [0.4, 0.5) is 5.82 Å². The van der Waals surface area contributed by atoms with Crippen molar-refractivity contribution in [3.8, 4) is 11.8 Å². The van der Waals surface area contributed by atoms with Crippen molar-refractivity contribution < 1.29 is 0 Å². The lowest BCUT2D eigenvalue weighted by atomic mass is 10.0. The fourth-order valence-electron chi connectivity index (χ4n) is 4.63. The highest BCUT2D eigenvalue weighted by Gasteiger charge is 2.24. The first-order valence-electron chi connectivity index (χ1n) is 11.1. The summed E-state index contributed by atoms with van der Waals surface area (Å²) in [5, 5.41) is 10.1. The lowest BCUT2D eigenvalue weighted by molar-refractivity contribution is 0.524. The maximum atomic E-state index is 8.96. The summed E-state index contributed by atoms with van der Waals surface area (Å²) in [5.41, 5.74) is 5.72. The molecule has 0 aliphatic heterocycles. The molecular weight excluding hydrogens is 450 g/mol. The van der Waals surface area contributed by atoms with Crippen molar-refractivity contribution in [2.24, 2.45) is 0 Å². The summed E-state index contributed by atoms with van der Waals surface area (Å²) in [5.74, 6) is 1.79. The second kappa shape index (κ2) is 9.82. The van der Waals surface area contributed by atoms with Gasteiger partial charge in [0.2, 0.25) is 0 Å².